The summed E-state index contributed by atoms with van der Waals surface area (Å²) >= 11 is 2.60. The van der Waals surface area contributed by atoms with Crippen molar-refractivity contribution in [1.29, 1.82) is 0 Å². The smallest absolute Gasteiger partial charge is 0.230 e. The summed E-state index contributed by atoms with van der Waals surface area (Å²) in [6.07, 6.45) is 9.33. The number of ketones is 1. The third kappa shape index (κ3) is 15.8. The Labute approximate surface area is 394 Å². The summed E-state index contributed by atoms with van der Waals surface area (Å²) in [6.45, 7) is 11.0. The van der Waals surface area contributed by atoms with Crippen molar-refractivity contribution in [1.82, 2.24) is 40.3 Å². The van der Waals surface area contributed by atoms with Gasteiger partial charge in [0.1, 0.15) is 41.9 Å². The second kappa shape index (κ2) is 25.5. The summed E-state index contributed by atoms with van der Waals surface area (Å²) in [4.78, 5) is 54.6. The number of benzene rings is 2. The van der Waals surface area contributed by atoms with Crippen molar-refractivity contribution in [2.45, 2.75) is 77.4 Å². The van der Waals surface area contributed by atoms with Crippen LogP contribution in [0.4, 0.5) is 10.9 Å². The van der Waals surface area contributed by atoms with E-state index in [1.807, 2.05) is 49.4 Å². The number of piperidine rings is 1. The van der Waals surface area contributed by atoms with E-state index in [0.717, 1.165) is 90.6 Å². The maximum absolute atomic E-state index is 12.0. The third-order valence-electron chi connectivity index (χ3n) is 10.6. The number of hydrogen-bond donors (Lipinski definition) is 4. The molecule has 350 valence electrons. The fraction of sp³-hybridized carbons (Fsp3) is 0.417. The lowest BCUT2D eigenvalue weighted by Crippen LogP contribution is -2.35. The third-order valence-corrected chi connectivity index (χ3v) is 12.1. The normalized spacial score (nSPS) is 14.3. The number of Topliss-reactive ketones (excluding diaryl/α,β-unsaturated/α-hetero) is 1. The summed E-state index contributed by atoms with van der Waals surface area (Å²) in [5.74, 6) is 5.24. The molecule has 2 aliphatic rings. The Hall–Kier alpha value is -6.11. The Morgan fingerprint density at radius 3 is 2.61 bits per heavy atom. The van der Waals surface area contributed by atoms with Gasteiger partial charge in [-0.15, -0.1) is 16.4 Å². The van der Waals surface area contributed by atoms with E-state index in [-0.39, 0.29) is 30.5 Å². The molecule has 1 fully saturated rings. The van der Waals surface area contributed by atoms with Crippen LogP contribution in [0.3, 0.4) is 0 Å². The van der Waals surface area contributed by atoms with Crippen LogP contribution in [0.25, 0.3) is 22.2 Å². The lowest BCUT2D eigenvalue weighted by molar-refractivity contribution is -0.120. The van der Waals surface area contributed by atoms with Crippen LogP contribution in [0, 0.1) is 11.8 Å². The Bertz CT molecular complexity index is 2470. The van der Waals surface area contributed by atoms with E-state index in [0.29, 0.717) is 46.9 Å². The molecule has 5 N–H and O–H groups in total. The molecular formula is C48H60N10O6S2. The van der Waals surface area contributed by atoms with Crippen LogP contribution < -0.4 is 30.6 Å². The topological polar surface area (TPSA) is 212 Å². The Balaban J connectivity index is 0.000000165. The van der Waals surface area contributed by atoms with Gasteiger partial charge in [0.05, 0.1) is 18.6 Å². The van der Waals surface area contributed by atoms with E-state index in [9.17, 15) is 14.4 Å². The summed E-state index contributed by atoms with van der Waals surface area (Å²) < 4.78 is 16.6. The summed E-state index contributed by atoms with van der Waals surface area (Å²) in [7, 11) is 1.65. The highest BCUT2D eigenvalue weighted by Crippen LogP contribution is 2.32. The van der Waals surface area contributed by atoms with E-state index in [1.54, 1.807) is 30.9 Å². The largest absolute Gasteiger partial charge is 0.494 e. The molecule has 2 amide bonds. The van der Waals surface area contributed by atoms with E-state index in [4.69, 9.17) is 19.9 Å². The molecule has 1 unspecified atom stereocenters. The monoisotopic (exact) mass is 936 g/mol. The van der Waals surface area contributed by atoms with Crippen LogP contribution in [-0.2, 0) is 27.3 Å². The molecule has 66 heavy (non-hydrogen) atoms. The highest BCUT2D eigenvalue weighted by atomic mass is 32.2. The zero-order chi connectivity index (χ0) is 46.7. The van der Waals surface area contributed by atoms with Crippen LogP contribution in [0.15, 0.2) is 83.6 Å². The zero-order valence-electron chi connectivity index (χ0n) is 38.1. The number of H-pyrrole nitrogens is 1. The van der Waals surface area contributed by atoms with Crippen molar-refractivity contribution in [2.24, 2.45) is 11.8 Å². The number of nitrogens with one attached hydrogen (secondary N) is 3. The number of likely N-dealkylation sites (tertiary alicyclic amines) is 1. The van der Waals surface area contributed by atoms with Gasteiger partial charge in [-0.3, -0.25) is 24.4 Å². The number of carbonyl (C=O) groups is 3. The fourth-order valence-corrected chi connectivity index (χ4v) is 8.56. The molecule has 8 rings (SSSR count). The van der Waals surface area contributed by atoms with Crippen LogP contribution >= 0.6 is 23.1 Å². The summed E-state index contributed by atoms with van der Waals surface area (Å²) in [5, 5.41) is 16.0. The number of para-hydroxylation sites is 1. The average molecular weight is 937 g/mol. The van der Waals surface area contributed by atoms with Crippen molar-refractivity contribution >= 4 is 62.5 Å². The van der Waals surface area contributed by atoms with Crippen molar-refractivity contribution in [2.75, 3.05) is 56.8 Å². The van der Waals surface area contributed by atoms with Crippen LogP contribution in [0.1, 0.15) is 70.7 Å². The van der Waals surface area contributed by atoms with Crippen molar-refractivity contribution in [3.63, 3.8) is 0 Å². The zero-order valence-corrected chi connectivity index (χ0v) is 39.7. The lowest BCUT2D eigenvalue weighted by Gasteiger charge is -2.33. The number of hydrogen-bond acceptors (Lipinski definition) is 15. The molecule has 6 aromatic rings. The van der Waals surface area contributed by atoms with Gasteiger partial charge in [0.25, 0.3) is 0 Å². The molecule has 2 aliphatic heterocycles. The standard InChI is InChI=1S/C21H31NO3.C15H13N3O.C12H16N6O2S2/c1-16(2)12-19(23)7-5-17-4-3-9-22(14-17)15-18-6-8-20-21(13-18)25-11-10-24-20;1-19-13-4-2-3-10-5-7-12(18-15(10)13)11-6-8-14(16)17-9-11;1-2-8-15-12(18-17-8)22-7-10(20)13-4-3-9(19)16-11-14-5-6-21-11/h6,8,13,16-17H,3-5,7,9-12,14-15H2,1-2H3;2-9H,1H3,(H2,16,17);5-6H,2-4,7H2,1H3,(H,13,20)(H,14,16,19)(H,15,17,18). The van der Waals surface area contributed by atoms with Gasteiger partial charge in [0.2, 0.25) is 17.0 Å². The van der Waals surface area contributed by atoms with Gasteiger partial charge in [-0.2, -0.15) is 0 Å². The van der Waals surface area contributed by atoms with Gasteiger partial charge < -0.3 is 30.6 Å². The van der Waals surface area contributed by atoms with Crippen LogP contribution in [0.2, 0.25) is 0 Å². The van der Waals surface area contributed by atoms with E-state index < -0.39 is 0 Å². The predicted molar refractivity (Wildman–Crippen MR) is 260 cm³/mol. The predicted octanol–water partition coefficient (Wildman–Crippen LogP) is 8.01. The minimum Gasteiger partial charge on any atom is -0.494 e. The fourth-order valence-electron chi connectivity index (χ4n) is 7.36. The number of aryl methyl sites for hydroxylation is 1. The van der Waals surface area contributed by atoms with Crippen molar-refractivity contribution in [3.8, 4) is 28.5 Å². The number of amides is 2. The minimum atomic E-state index is -0.176. The first kappa shape index (κ1) is 49.3. The second-order valence-corrected chi connectivity index (χ2v) is 18.1. The molecule has 6 heterocycles. The number of nitrogens with two attached hydrogens (primary N) is 1. The number of rotatable bonds is 17. The quantitative estimate of drug-likeness (QED) is 0.0638. The molecule has 0 radical (unpaired) electrons. The number of thiazole rings is 1. The van der Waals surface area contributed by atoms with E-state index >= 15 is 0 Å². The second-order valence-electron chi connectivity index (χ2n) is 16.3. The molecule has 1 saturated heterocycles. The van der Waals surface area contributed by atoms with Gasteiger partial charge in [0, 0.05) is 74.0 Å². The number of nitrogen functional groups attached to an aromatic ring is 1. The minimum absolute atomic E-state index is 0.158. The molecule has 16 nitrogen and oxygen atoms in total. The number of ether oxygens (including phenoxy) is 3. The van der Waals surface area contributed by atoms with E-state index in [1.165, 1.54) is 41.5 Å². The van der Waals surface area contributed by atoms with Crippen molar-refractivity contribution < 1.29 is 28.6 Å². The van der Waals surface area contributed by atoms with Gasteiger partial charge in [0.15, 0.2) is 16.6 Å². The number of aromatic amines is 1. The van der Waals surface area contributed by atoms with Crippen LogP contribution in [0.5, 0.6) is 17.2 Å². The molecule has 0 bridgehead atoms. The number of pyridine rings is 2. The number of nitrogens with zero attached hydrogens (tertiary/aromatic N) is 6. The van der Waals surface area contributed by atoms with Gasteiger partial charge >= 0.3 is 0 Å². The SMILES string of the molecule is CC(C)CC(=O)CCC1CCCN(Cc2ccc3c(c2)OCCO3)C1.CCc1nc(SCC(=O)NCCC(=O)Nc2nccs2)n[nH]1.COc1cccc2ccc(-c3ccc(N)nc3)nc12. The highest BCUT2D eigenvalue weighted by molar-refractivity contribution is 7.99. The molecular weight excluding hydrogens is 877 g/mol. The maximum atomic E-state index is 12.0. The molecule has 2 aromatic carbocycles. The number of carbonyl (C=O) groups excluding carboxylic acids is 3. The van der Waals surface area contributed by atoms with Gasteiger partial charge in [-0.1, -0.05) is 56.8 Å². The van der Waals surface area contributed by atoms with Crippen LogP contribution in [-0.4, -0.2) is 98.3 Å². The first-order valence-electron chi connectivity index (χ1n) is 22.3. The summed E-state index contributed by atoms with van der Waals surface area (Å²) in [6, 6.07) is 19.8. The molecule has 0 spiro atoms. The number of methoxy groups -OCH3 is 1. The number of anilines is 2. The Kier molecular flexibility index (Phi) is 19.1. The van der Waals surface area contributed by atoms with Gasteiger partial charge in [-0.05, 0) is 79.6 Å². The molecule has 1 atom stereocenters. The Morgan fingerprint density at radius 2 is 1.86 bits per heavy atom. The molecule has 0 aliphatic carbocycles. The number of aromatic nitrogens is 6. The maximum Gasteiger partial charge on any atom is 0.230 e. The highest BCUT2D eigenvalue weighted by Gasteiger charge is 2.22. The molecule has 4 aromatic heterocycles. The molecule has 0 saturated carbocycles. The number of thioether (sulfide) groups is 1. The Morgan fingerprint density at radius 1 is 1.02 bits per heavy atom. The molecule has 18 heteroatoms. The van der Waals surface area contributed by atoms with Gasteiger partial charge in [-0.25, -0.2) is 19.9 Å². The van der Waals surface area contributed by atoms with Crippen molar-refractivity contribution in [3.05, 3.63) is 89.8 Å². The first-order valence-corrected chi connectivity index (χ1v) is 24.2. The summed E-state index contributed by atoms with van der Waals surface area (Å²) in [5.41, 5.74) is 9.50. The van der Waals surface area contributed by atoms with E-state index in [2.05, 4.69) is 71.6 Å². The average Bonchev–Trinajstić information content (AvgIpc) is 4.03. The lowest BCUT2D eigenvalue weighted by atomic mass is 9.91. The first-order chi connectivity index (χ1) is 32.0. The number of fused-ring (bicyclic) bond motifs is 2.